The van der Waals surface area contributed by atoms with Gasteiger partial charge in [0.2, 0.25) is 88.6 Å². The van der Waals surface area contributed by atoms with E-state index >= 15 is 0 Å². The van der Waals surface area contributed by atoms with Gasteiger partial charge in [0.1, 0.15) is 96.4 Å². The monoisotopic (exact) mass is 1820 g/mol. The highest BCUT2D eigenvalue weighted by atomic mass is 16.4. The number of hydrogen-bond donors (Lipinski definition) is 29. The molecule has 0 saturated carbocycles. The maximum atomic E-state index is 14.8. The Bertz CT molecular complexity index is 4370. The predicted molar refractivity (Wildman–Crippen MR) is 447 cm³/mol. The van der Waals surface area contributed by atoms with E-state index in [1.165, 1.54) is 69.7 Å². The topological polar surface area (TPSA) is 815 Å². The number of aliphatic carboxylic acids is 4. The van der Waals surface area contributed by atoms with Gasteiger partial charge < -0.3 is 152 Å². The molecule has 4 rings (SSSR count). The number of carbonyl (C=O) groups excluding carboxylic acids is 15. The molecule has 0 radical (unpaired) electrons. The number of imidazole rings is 1. The van der Waals surface area contributed by atoms with Crippen molar-refractivity contribution >= 4 is 118 Å². The van der Waals surface area contributed by atoms with Gasteiger partial charge in [-0.25, -0.2) is 9.78 Å². The average Bonchev–Trinajstić information content (AvgIpc) is 1.79. The molecular weight excluding hydrogens is 1710 g/mol. The molecule has 50 heteroatoms. The number of carboxylic acid groups (broad SMARTS) is 4. The molecule has 0 bridgehead atoms. The van der Waals surface area contributed by atoms with Crippen molar-refractivity contribution in [2.45, 2.75) is 228 Å². The molecule has 1 fully saturated rings. The third-order valence-corrected chi connectivity index (χ3v) is 19.9. The first kappa shape index (κ1) is 108. The molecule has 15 amide bonds. The highest BCUT2D eigenvalue weighted by Gasteiger charge is 2.41. The number of aromatic amines is 1. The zero-order chi connectivity index (χ0) is 96.6. The lowest BCUT2D eigenvalue weighted by molar-refractivity contribution is -0.148. The van der Waals surface area contributed by atoms with Gasteiger partial charge in [0.25, 0.3) is 0 Å². The number of nitrogens with zero attached hydrogens (tertiary/aromatic N) is 2. The van der Waals surface area contributed by atoms with Gasteiger partial charge in [0.15, 0.2) is 5.96 Å². The summed E-state index contributed by atoms with van der Waals surface area (Å²) in [5.41, 5.74) is 11.9. The number of aromatic nitrogens is 2. The standard InChI is InChI=1S/C79H117N21O29/c1-37(2)26-48(90-73(123)54(34-102)96-75(125)61(80)39(5)104)67(117)95-53(33-101)72(122)94-52(30-60(112)113)70(120)87-45(14-10-24-84-79(81)82)65(115)91-50(28-42-16-18-44(106)19-17-42)71(121)98-62(38(3)4)76(126)97-55(35-103)74(124)93-51(29-43-31-83-36-86-43)69(119)92-49(27-41-12-8-7-9-13-41)68(118)88-47(21-23-59(110)111)66(116)99-63(40(6)105)77(127)89-46(20-22-58(108)109)64(114)85-32-57(107)100-25-11-15-56(100)78(128)129/h7-9,12-13,16-19,31,36-40,45-56,61-63,101-106H,10-11,14-15,20-30,32-35,80H2,1-6H3,(H,83,86)(H,85,114)(H,87,120)(H,88,118)(H,89,127)(H,90,123)(H,91,115)(H,92,119)(H,93,124)(H,94,122)(H,95,117)(H,96,125)(H,97,126)(H,98,121)(H,99,116)(H,108,109)(H,110,111)(H,112,113)(H,128,129)(H4,81,82,84)/t39-,40-,45+,46+,47+,48+,49+,50+,51+,52+,53+,54+,55+,56+,61+,62+,63+/m1/s1. The maximum absolute atomic E-state index is 14.8. The smallest absolute Gasteiger partial charge is 0.326 e. The van der Waals surface area contributed by atoms with Crippen LogP contribution in [0.25, 0.3) is 0 Å². The molecule has 1 aromatic heterocycles. The number of hydrogen-bond acceptors (Lipinski definition) is 28. The minimum Gasteiger partial charge on any atom is -0.508 e. The van der Waals surface area contributed by atoms with Crippen LogP contribution in [0.15, 0.2) is 67.1 Å². The van der Waals surface area contributed by atoms with Gasteiger partial charge in [-0.05, 0) is 93.9 Å². The van der Waals surface area contributed by atoms with Crippen LogP contribution in [0.2, 0.25) is 0 Å². The van der Waals surface area contributed by atoms with Gasteiger partial charge in [-0.3, -0.25) is 91.7 Å². The summed E-state index contributed by atoms with van der Waals surface area (Å²) in [4.78, 5) is 266. The van der Waals surface area contributed by atoms with Crippen molar-refractivity contribution in [1.29, 1.82) is 5.41 Å². The van der Waals surface area contributed by atoms with Crippen LogP contribution in [0.4, 0.5) is 0 Å². The number of aliphatic hydroxyl groups excluding tert-OH is 5. The van der Waals surface area contributed by atoms with E-state index in [0.717, 1.165) is 11.8 Å². The lowest BCUT2D eigenvalue weighted by atomic mass is 10.00. The number of H-pyrrole nitrogens is 1. The van der Waals surface area contributed by atoms with E-state index in [9.17, 15) is 142 Å². The molecule has 0 aliphatic carbocycles. The van der Waals surface area contributed by atoms with Crippen molar-refractivity contribution < 1.29 is 142 Å². The van der Waals surface area contributed by atoms with E-state index in [4.69, 9.17) is 16.9 Å². The van der Waals surface area contributed by atoms with Gasteiger partial charge in [0.05, 0.1) is 51.3 Å². The Labute approximate surface area is 738 Å². The summed E-state index contributed by atoms with van der Waals surface area (Å²) in [6.45, 7) is 3.93. The Morgan fingerprint density at radius 1 is 0.473 bits per heavy atom. The van der Waals surface area contributed by atoms with Crippen molar-refractivity contribution in [3.05, 3.63) is 83.9 Å². The number of phenolic OH excluding ortho intramolecular Hbond substituents is 1. The molecule has 2 aromatic carbocycles. The molecule has 31 N–H and O–H groups in total. The summed E-state index contributed by atoms with van der Waals surface area (Å²) in [5, 5.41) is 143. The summed E-state index contributed by atoms with van der Waals surface area (Å²) >= 11 is 0. The molecule has 1 aliphatic rings. The molecule has 712 valence electrons. The predicted octanol–water partition coefficient (Wildman–Crippen LogP) is -10.1. The van der Waals surface area contributed by atoms with Crippen LogP contribution < -0.4 is 91.2 Å². The third-order valence-electron chi connectivity index (χ3n) is 19.9. The Kier molecular flexibility index (Phi) is 44.9. The molecule has 0 unspecified atom stereocenters. The Hall–Kier alpha value is -13.6. The quantitative estimate of drug-likeness (QED) is 0.0142. The number of rotatable bonds is 56. The number of amides is 15. The fraction of sp³-hybridized carbons (Fsp3) is 0.557. The van der Waals surface area contributed by atoms with Crippen LogP contribution in [0, 0.1) is 17.2 Å². The van der Waals surface area contributed by atoms with Gasteiger partial charge in [-0.15, -0.1) is 0 Å². The molecule has 1 aliphatic heterocycles. The number of likely N-dealkylation sites (tertiary alicyclic amines) is 1. The molecule has 0 spiro atoms. The summed E-state index contributed by atoms with van der Waals surface area (Å²) < 4.78 is 0. The number of guanidine groups is 1. The van der Waals surface area contributed by atoms with Crippen LogP contribution in [0.3, 0.4) is 0 Å². The number of carbonyl (C=O) groups is 19. The number of aliphatic hydroxyl groups is 5. The number of carboxylic acids is 4. The molecule has 17 atom stereocenters. The largest absolute Gasteiger partial charge is 0.508 e. The zero-order valence-corrected chi connectivity index (χ0v) is 71.5. The molecule has 50 nitrogen and oxygen atoms in total. The van der Waals surface area contributed by atoms with Crippen molar-refractivity contribution in [3.63, 3.8) is 0 Å². The summed E-state index contributed by atoms with van der Waals surface area (Å²) in [6.07, 6.45) is -6.64. The molecular formula is C79H117N21O29. The van der Waals surface area contributed by atoms with Gasteiger partial charge >= 0.3 is 23.9 Å². The van der Waals surface area contributed by atoms with Crippen molar-refractivity contribution in [3.8, 4) is 5.75 Å². The highest BCUT2D eigenvalue weighted by Crippen LogP contribution is 2.19. The third kappa shape index (κ3) is 37.1. The first-order valence-corrected chi connectivity index (χ1v) is 41.0. The number of benzene rings is 2. The zero-order valence-electron chi connectivity index (χ0n) is 71.5. The van der Waals surface area contributed by atoms with Crippen LogP contribution in [0.1, 0.15) is 123 Å². The van der Waals surface area contributed by atoms with Crippen LogP contribution >= 0.6 is 0 Å². The maximum Gasteiger partial charge on any atom is 0.326 e. The van der Waals surface area contributed by atoms with Crippen LogP contribution in [0.5, 0.6) is 5.75 Å². The van der Waals surface area contributed by atoms with Gasteiger partial charge in [0, 0.05) is 57.1 Å². The van der Waals surface area contributed by atoms with Crippen LogP contribution in [-0.2, 0) is 110 Å². The van der Waals surface area contributed by atoms with Crippen molar-refractivity contribution in [2.75, 3.05) is 39.5 Å². The number of nitrogens with two attached hydrogens (primary N) is 2. The Balaban J connectivity index is 1.63. The fourth-order valence-electron chi connectivity index (χ4n) is 12.8. The number of aromatic hydroxyl groups is 1. The second-order valence-electron chi connectivity index (χ2n) is 31.2. The molecule has 1 saturated heterocycles. The SMILES string of the molecule is CC(C)C[C@H](NC(=O)[C@H](CO)NC(=O)[C@@H](N)[C@@H](C)O)C(=O)N[C@@H](CO)C(=O)N[C@@H](CC(=O)O)C(=O)N[C@@H](CCCNC(=N)N)C(=O)N[C@@H](Cc1ccc(O)cc1)C(=O)N[C@H](C(=O)N[C@@H](CO)C(=O)N[C@@H](Cc1cnc[nH]1)C(=O)N[C@@H](Cc1ccccc1)C(=O)N[C@@H](CCC(=O)O)C(=O)N[C@H](C(=O)N[C@@H](CCC(=O)O)C(=O)NCC(=O)N1CCC[C@H]1C(=O)O)[C@@H](C)O)C(C)C. The van der Waals surface area contributed by atoms with E-state index in [1.807, 2.05) is 0 Å². The molecule has 2 heterocycles. The van der Waals surface area contributed by atoms with Gasteiger partial charge in [-0.2, -0.15) is 0 Å². The summed E-state index contributed by atoms with van der Waals surface area (Å²) in [7, 11) is 0. The molecule has 129 heavy (non-hydrogen) atoms. The fourth-order valence-corrected chi connectivity index (χ4v) is 12.8. The minimum absolute atomic E-state index is 0.0446. The lowest BCUT2D eigenvalue weighted by Crippen LogP contribution is -2.62. The highest BCUT2D eigenvalue weighted by molar-refractivity contribution is 6.02. The molecule has 3 aromatic rings. The lowest BCUT2D eigenvalue weighted by Gasteiger charge is -2.29. The summed E-state index contributed by atoms with van der Waals surface area (Å²) in [6, 6.07) is -13.9. The number of nitrogens with one attached hydrogen (secondary N) is 17. The summed E-state index contributed by atoms with van der Waals surface area (Å²) in [5.74, 6) is -26.0. The Morgan fingerprint density at radius 2 is 0.884 bits per heavy atom. The first-order valence-electron chi connectivity index (χ1n) is 41.0. The van der Waals surface area contributed by atoms with E-state index < -0.39 is 311 Å². The van der Waals surface area contributed by atoms with E-state index in [0.29, 0.717) is 12.0 Å². The second kappa shape index (κ2) is 53.8. The van der Waals surface area contributed by atoms with Crippen molar-refractivity contribution in [1.82, 2.24) is 94.6 Å². The van der Waals surface area contributed by atoms with Gasteiger partial charge in [-0.1, -0.05) is 70.2 Å². The first-order chi connectivity index (χ1) is 60.8. The minimum atomic E-state index is -2.14. The van der Waals surface area contributed by atoms with Crippen LogP contribution in [-0.4, -0.2) is 327 Å². The second-order valence-corrected chi connectivity index (χ2v) is 31.2. The van der Waals surface area contributed by atoms with Crippen molar-refractivity contribution in [2.24, 2.45) is 23.3 Å². The van der Waals surface area contributed by atoms with E-state index in [2.05, 4.69) is 89.7 Å². The average molecular weight is 1820 g/mol. The Morgan fingerprint density at radius 3 is 1.36 bits per heavy atom. The normalized spacial score (nSPS) is 16.0. The van der Waals surface area contributed by atoms with E-state index in [-0.39, 0.29) is 55.3 Å². The number of phenols is 1. The van der Waals surface area contributed by atoms with E-state index in [1.54, 1.807) is 32.0 Å².